The van der Waals surface area contributed by atoms with E-state index in [0.717, 1.165) is 38.4 Å². The zero-order chi connectivity index (χ0) is 16.1. The van der Waals surface area contributed by atoms with Crippen molar-refractivity contribution >= 4 is 5.91 Å². The van der Waals surface area contributed by atoms with Crippen molar-refractivity contribution in [1.29, 1.82) is 0 Å². The Bertz CT molecular complexity index is 513. The Morgan fingerprint density at radius 3 is 3.04 bits per heavy atom. The van der Waals surface area contributed by atoms with E-state index in [1.165, 1.54) is 6.42 Å². The van der Waals surface area contributed by atoms with Crippen LogP contribution in [0.1, 0.15) is 34.9 Å². The fourth-order valence-electron chi connectivity index (χ4n) is 3.32. The average Bonchev–Trinajstić information content (AvgIpc) is 3.10. The number of likely N-dealkylation sites (tertiary alicyclic amines) is 1. The highest BCUT2D eigenvalue weighted by Crippen LogP contribution is 2.26. The average molecular weight is 322 g/mol. The summed E-state index contributed by atoms with van der Waals surface area (Å²) in [4.78, 5) is 16.7. The fraction of sp³-hybridized carbons (Fsp3) is 0.750. The van der Waals surface area contributed by atoms with Crippen LogP contribution in [-0.4, -0.2) is 85.6 Å². The zero-order valence-electron chi connectivity index (χ0n) is 13.8. The van der Waals surface area contributed by atoms with E-state index in [-0.39, 0.29) is 5.91 Å². The van der Waals surface area contributed by atoms with Crippen molar-refractivity contribution in [1.82, 2.24) is 20.0 Å². The molecule has 2 saturated heterocycles. The largest absolute Gasteiger partial charge is 0.383 e. The van der Waals surface area contributed by atoms with E-state index >= 15 is 0 Å². The number of piperidine rings is 1. The molecule has 0 saturated carbocycles. The first-order valence-electron chi connectivity index (χ1n) is 8.41. The maximum absolute atomic E-state index is 12.5. The number of carbonyl (C=O) groups is 1. The molecule has 3 heterocycles. The van der Waals surface area contributed by atoms with Crippen LogP contribution < -0.4 is 0 Å². The van der Waals surface area contributed by atoms with E-state index in [1.54, 1.807) is 7.11 Å². The van der Waals surface area contributed by atoms with Gasteiger partial charge in [0.15, 0.2) is 0 Å². The molecule has 1 amide bonds. The van der Waals surface area contributed by atoms with Gasteiger partial charge in [0, 0.05) is 44.9 Å². The van der Waals surface area contributed by atoms with Gasteiger partial charge in [0.2, 0.25) is 0 Å². The molecular formula is C16H26N4O3. The van der Waals surface area contributed by atoms with Crippen LogP contribution >= 0.6 is 0 Å². The van der Waals surface area contributed by atoms with Crippen molar-refractivity contribution in [3.05, 3.63) is 17.5 Å². The quantitative estimate of drug-likeness (QED) is 0.864. The number of hydrogen-bond donors (Lipinski definition) is 1. The number of nitrogens with zero attached hydrogens (tertiary/aromatic N) is 3. The molecule has 1 aromatic rings. The minimum Gasteiger partial charge on any atom is -0.383 e. The van der Waals surface area contributed by atoms with Crippen LogP contribution in [0.2, 0.25) is 0 Å². The first-order valence-corrected chi connectivity index (χ1v) is 8.41. The van der Waals surface area contributed by atoms with Gasteiger partial charge >= 0.3 is 0 Å². The normalized spacial score (nSPS) is 23.2. The van der Waals surface area contributed by atoms with E-state index in [1.807, 2.05) is 11.0 Å². The Labute approximate surface area is 136 Å². The topological polar surface area (TPSA) is 70.7 Å². The number of aromatic amines is 1. The molecule has 7 nitrogen and oxygen atoms in total. The highest BCUT2D eigenvalue weighted by atomic mass is 16.5. The fourth-order valence-corrected chi connectivity index (χ4v) is 3.32. The second-order valence-electron chi connectivity index (χ2n) is 6.25. The van der Waals surface area contributed by atoms with Crippen LogP contribution in [0.3, 0.4) is 0 Å². The number of hydrogen-bond acceptors (Lipinski definition) is 5. The lowest BCUT2D eigenvalue weighted by atomic mass is 9.94. The van der Waals surface area contributed by atoms with Crippen molar-refractivity contribution in [2.24, 2.45) is 0 Å². The Balaban J connectivity index is 1.60. The first kappa shape index (κ1) is 16.4. The number of rotatable bonds is 5. The molecular weight excluding hydrogens is 296 g/mol. The molecule has 1 N–H and O–H groups in total. The van der Waals surface area contributed by atoms with Crippen molar-refractivity contribution in [3.8, 4) is 0 Å². The second-order valence-corrected chi connectivity index (χ2v) is 6.25. The highest BCUT2D eigenvalue weighted by Gasteiger charge is 2.25. The molecule has 0 aromatic carbocycles. The van der Waals surface area contributed by atoms with Gasteiger partial charge in [-0.3, -0.25) is 9.89 Å². The van der Waals surface area contributed by atoms with Gasteiger partial charge in [0.25, 0.3) is 5.91 Å². The number of ether oxygens (including phenoxy) is 2. The second kappa shape index (κ2) is 7.90. The lowest BCUT2D eigenvalue weighted by Gasteiger charge is -2.31. The number of H-pyrrole nitrogens is 1. The summed E-state index contributed by atoms with van der Waals surface area (Å²) < 4.78 is 10.5. The SMILES string of the molecule is COCCN1CCC[C@@H](c2cc(C(=O)N3CCOCC3)n[nH]2)C1. The molecule has 0 bridgehead atoms. The molecule has 7 heteroatoms. The minimum absolute atomic E-state index is 0.00264. The predicted octanol–water partition coefficient (Wildman–Crippen LogP) is 0.708. The number of amides is 1. The van der Waals surface area contributed by atoms with E-state index in [2.05, 4.69) is 15.1 Å². The predicted molar refractivity (Wildman–Crippen MR) is 85.6 cm³/mol. The molecule has 0 unspecified atom stereocenters. The molecule has 23 heavy (non-hydrogen) atoms. The van der Waals surface area contributed by atoms with E-state index in [0.29, 0.717) is 37.9 Å². The monoisotopic (exact) mass is 322 g/mol. The van der Waals surface area contributed by atoms with Crippen LogP contribution in [0.25, 0.3) is 0 Å². The van der Waals surface area contributed by atoms with Crippen molar-refractivity contribution < 1.29 is 14.3 Å². The summed E-state index contributed by atoms with van der Waals surface area (Å²) in [6, 6.07) is 1.93. The van der Waals surface area contributed by atoms with Gasteiger partial charge in [-0.15, -0.1) is 0 Å². The van der Waals surface area contributed by atoms with Crippen molar-refractivity contribution in [3.63, 3.8) is 0 Å². The zero-order valence-corrected chi connectivity index (χ0v) is 13.8. The molecule has 0 aliphatic carbocycles. The number of carbonyl (C=O) groups excluding carboxylic acids is 1. The van der Waals surface area contributed by atoms with Gasteiger partial charge in [-0.2, -0.15) is 5.10 Å². The molecule has 0 spiro atoms. The van der Waals surface area contributed by atoms with E-state index in [9.17, 15) is 4.79 Å². The summed E-state index contributed by atoms with van der Waals surface area (Å²) in [6.45, 7) is 6.35. The third-order valence-electron chi connectivity index (χ3n) is 4.67. The lowest BCUT2D eigenvalue weighted by molar-refractivity contribution is 0.0299. The van der Waals surface area contributed by atoms with Gasteiger partial charge in [-0.05, 0) is 25.5 Å². The van der Waals surface area contributed by atoms with Crippen molar-refractivity contribution in [2.75, 3.05) is 59.7 Å². The van der Waals surface area contributed by atoms with Crippen LogP contribution in [0.4, 0.5) is 0 Å². The summed E-state index contributed by atoms with van der Waals surface area (Å²) in [5.41, 5.74) is 1.60. The van der Waals surface area contributed by atoms with E-state index in [4.69, 9.17) is 9.47 Å². The summed E-state index contributed by atoms with van der Waals surface area (Å²) in [7, 11) is 1.74. The van der Waals surface area contributed by atoms with Gasteiger partial charge in [-0.1, -0.05) is 0 Å². The Morgan fingerprint density at radius 2 is 2.26 bits per heavy atom. The van der Waals surface area contributed by atoms with Gasteiger partial charge in [-0.25, -0.2) is 0 Å². The van der Waals surface area contributed by atoms with Gasteiger partial charge in [0.05, 0.1) is 19.8 Å². The Kier molecular flexibility index (Phi) is 5.64. The Morgan fingerprint density at radius 1 is 1.43 bits per heavy atom. The molecule has 128 valence electrons. The third-order valence-corrected chi connectivity index (χ3v) is 4.67. The molecule has 2 fully saturated rings. The molecule has 3 rings (SSSR count). The molecule has 1 aromatic heterocycles. The third kappa shape index (κ3) is 4.10. The van der Waals surface area contributed by atoms with Crippen molar-refractivity contribution in [2.45, 2.75) is 18.8 Å². The Hall–Kier alpha value is -1.44. The molecule has 2 aliphatic heterocycles. The maximum atomic E-state index is 12.5. The molecule has 2 aliphatic rings. The number of morpholine rings is 1. The smallest absolute Gasteiger partial charge is 0.274 e. The minimum atomic E-state index is 0.00264. The van der Waals surface area contributed by atoms with Crippen LogP contribution in [0.5, 0.6) is 0 Å². The van der Waals surface area contributed by atoms with Gasteiger partial charge < -0.3 is 19.3 Å². The summed E-state index contributed by atoms with van der Waals surface area (Å²) in [6.07, 6.45) is 2.30. The van der Waals surface area contributed by atoms with Crippen LogP contribution in [-0.2, 0) is 9.47 Å². The maximum Gasteiger partial charge on any atom is 0.274 e. The molecule has 1 atom stereocenters. The number of nitrogens with one attached hydrogen (secondary N) is 1. The lowest BCUT2D eigenvalue weighted by Crippen LogP contribution is -2.40. The highest BCUT2D eigenvalue weighted by molar-refractivity contribution is 5.92. The van der Waals surface area contributed by atoms with E-state index < -0.39 is 0 Å². The summed E-state index contributed by atoms with van der Waals surface area (Å²) >= 11 is 0. The van der Waals surface area contributed by atoms with Crippen LogP contribution in [0, 0.1) is 0 Å². The van der Waals surface area contributed by atoms with Gasteiger partial charge in [0.1, 0.15) is 5.69 Å². The number of methoxy groups -OCH3 is 1. The standard InChI is InChI=1S/C16H26N4O3/c1-22-8-5-19-4-2-3-13(12-19)14-11-15(18-17-14)16(21)20-6-9-23-10-7-20/h11,13H,2-10,12H2,1H3,(H,17,18)/t13-/m1/s1. The first-order chi connectivity index (χ1) is 11.3. The summed E-state index contributed by atoms with van der Waals surface area (Å²) in [5.74, 6) is 0.419. The molecule has 0 radical (unpaired) electrons. The number of aromatic nitrogens is 2. The summed E-state index contributed by atoms with van der Waals surface area (Å²) in [5, 5.41) is 7.34. The van der Waals surface area contributed by atoms with Crippen LogP contribution in [0.15, 0.2) is 6.07 Å².